The molecule has 5 nitrogen and oxygen atoms in total. The maximum atomic E-state index is 11.1. The minimum Gasteiger partial charge on any atom is -0.481 e. The summed E-state index contributed by atoms with van der Waals surface area (Å²) < 4.78 is 0. The van der Waals surface area contributed by atoms with E-state index in [0.29, 0.717) is 0 Å². The van der Waals surface area contributed by atoms with Crippen LogP contribution in [0.3, 0.4) is 0 Å². The number of carbonyl (C=O) groups excluding carboxylic acids is 1. The molecule has 2 rings (SSSR count). The summed E-state index contributed by atoms with van der Waals surface area (Å²) in [6, 6.07) is 7.62. The first-order valence-electron chi connectivity index (χ1n) is 6.86. The van der Waals surface area contributed by atoms with Crippen LogP contribution in [0.5, 0.6) is 0 Å². The van der Waals surface area contributed by atoms with Crippen molar-refractivity contribution in [3.05, 3.63) is 35.4 Å². The summed E-state index contributed by atoms with van der Waals surface area (Å²) in [4.78, 5) is 24.2. The lowest BCUT2D eigenvalue weighted by Crippen LogP contribution is -2.38. The maximum Gasteiger partial charge on any atom is 0.307 e. The number of carbonyl (C=O) groups is 2. The lowest BCUT2D eigenvalue weighted by atomic mass is 9.95. The largest absolute Gasteiger partial charge is 0.481 e. The Kier molecular flexibility index (Phi) is 4.74. The van der Waals surface area contributed by atoms with Gasteiger partial charge in [0.25, 0.3) is 0 Å². The van der Waals surface area contributed by atoms with Crippen LogP contribution in [0.1, 0.15) is 24.0 Å². The Balaban J connectivity index is 1.97. The fourth-order valence-electron chi connectivity index (χ4n) is 2.66. The van der Waals surface area contributed by atoms with E-state index < -0.39 is 5.97 Å². The zero-order chi connectivity index (χ0) is 14.5. The molecule has 1 amide bonds. The monoisotopic (exact) mass is 276 g/mol. The van der Waals surface area contributed by atoms with E-state index >= 15 is 0 Å². The number of carboxylic acids is 1. The van der Waals surface area contributed by atoms with Crippen LogP contribution < -0.4 is 5.73 Å². The van der Waals surface area contributed by atoms with Crippen LogP contribution in [0.4, 0.5) is 0 Å². The van der Waals surface area contributed by atoms with Crippen LogP contribution in [0.2, 0.25) is 0 Å². The average Bonchev–Trinajstić information content (AvgIpc) is 2.41. The second-order valence-corrected chi connectivity index (χ2v) is 5.29. The maximum absolute atomic E-state index is 11.1. The van der Waals surface area contributed by atoms with Crippen LogP contribution in [0, 0.1) is 5.92 Å². The molecule has 3 N–H and O–H groups in total. The van der Waals surface area contributed by atoms with Crippen molar-refractivity contribution in [3.63, 3.8) is 0 Å². The molecular formula is C15H20N2O3. The number of nitrogens with two attached hydrogens (primary N) is 1. The summed E-state index contributed by atoms with van der Waals surface area (Å²) in [5.41, 5.74) is 7.23. The molecule has 1 heterocycles. The number of amides is 1. The first-order valence-corrected chi connectivity index (χ1v) is 6.86. The fraction of sp³-hybridized carbons (Fsp3) is 0.467. The fourth-order valence-corrected chi connectivity index (χ4v) is 2.66. The van der Waals surface area contributed by atoms with Crippen molar-refractivity contribution in [1.29, 1.82) is 0 Å². The first kappa shape index (κ1) is 14.5. The van der Waals surface area contributed by atoms with Crippen LogP contribution in [-0.4, -0.2) is 35.0 Å². The lowest BCUT2D eigenvalue weighted by Gasteiger charge is -2.30. The molecule has 0 spiro atoms. The summed E-state index contributed by atoms with van der Waals surface area (Å²) in [6.45, 7) is 2.39. The van der Waals surface area contributed by atoms with Crippen LogP contribution >= 0.6 is 0 Å². The highest BCUT2D eigenvalue weighted by Crippen LogP contribution is 2.20. The smallest absolute Gasteiger partial charge is 0.307 e. The normalized spacial score (nSPS) is 17.0. The topological polar surface area (TPSA) is 83.6 Å². The zero-order valence-electron chi connectivity index (χ0n) is 11.4. The molecule has 0 atom stereocenters. The predicted octanol–water partition coefficient (Wildman–Crippen LogP) is 1.01. The summed E-state index contributed by atoms with van der Waals surface area (Å²) >= 11 is 0. The number of rotatable bonds is 5. The third-order valence-electron chi connectivity index (χ3n) is 3.84. The van der Waals surface area contributed by atoms with Crippen molar-refractivity contribution < 1.29 is 14.7 Å². The number of aliphatic carboxylic acids is 1. The van der Waals surface area contributed by atoms with E-state index in [4.69, 9.17) is 10.8 Å². The van der Waals surface area contributed by atoms with E-state index in [2.05, 4.69) is 4.90 Å². The van der Waals surface area contributed by atoms with Gasteiger partial charge in [-0.3, -0.25) is 14.5 Å². The number of benzene rings is 1. The van der Waals surface area contributed by atoms with Crippen molar-refractivity contribution in [2.24, 2.45) is 11.7 Å². The molecule has 0 aromatic heterocycles. The molecule has 20 heavy (non-hydrogen) atoms. The molecule has 0 saturated carbocycles. The van der Waals surface area contributed by atoms with E-state index in [-0.39, 0.29) is 18.2 Å². The van der Waals surface area contributed by atoms with Crippen molar-refractivity contribution in [1.82, 2.24) is 4.90 Å². The van der Waals surface area contributed by atoms with Crippen LogP contribution in [-0.2, 0) is 22.6 Å². The van der Waals surface area contributed by atoms with Gasteiger partial charge in [0.2, 0.25) is 5.91 Å². The lowest BCUT2D eigenvalue weighted by molar-refractivity contribution is -0.136. The van der Waals surface area contributed by atoms with Gasteiger partial charge in [-0.2, -0.15) is 0 Å². The van der Waals surface area contributed by atoms with Gasteiger partial charge in [0.05, 0.1) is 6.42 Å². The molecule has 1 saturated heterocycles. The minimum atomic E-state index is -0.815. The SMILES string of the molecule is NC(=O)C1CCN(Cc2ccccc2CC(=O)O)CC1. The van der Waals surface area contributed by atoms with Gasteiger partial charge in [0, 0.05) is 12.5 Å². The van der Waals surface area contributed by atoms with Gasteiger partial charge in [-0.1, -0.05) is 24.3 Å². The number of hydrogen-bond donors (Lipinski definition) is 2. The molecule has 1 aromatic carbocycles. The quantitative estimate of drug-likeness (QED) is 0.840. The molecule has 1 aliphatic rings. The molecule has 108 valence electrons. The van der Waals surface area contributed by atoms with E-state index in [1.165, 1.54) is 0 Å². The van der Waals surface area contributed by atoms with Gasteiger partial charge in [0.15, 0.2) is 0 Å². The molecule has 5 heteroatoms. The molecule has 0 aliphatic carbocycles. The van der Waals surface area contributed by atoms with Crippen molar-refractivity contribution in [3.8, 4) is 0 Å². The predicted molar refractivity (Wildman–Crippen MR) is 75.0 cm³/mol. The molecule has 1 aliphatic heterocycles. The van der Waals surface area contributed by atoms with Crippen molar-refractivity contribution in [2.75, 3.05) is 13.1 Å². The standard InChI is InChI=1S/C15H20N2O3/c16-15(20)11-5-7-17(8-6-11)10-13-4-2-1-3-12(13)9-14(18)19/h1-4,11H,5-10H2,(H2,16,20)(H,18,19). The highest BCUT2D eigenvalue weighted by molar-refractivity contribution is 5.76. The highest BCUT2D eigenvalue weighted by Gasteiger charge is 2.23. The third kappa shape index (κ3) is 3.81. The van der Waals surface area contributed by atoms with Gasteiger partial charge in [-0.15, -0.1) is 0 Å². The Hall–Kier alpha value is -1.88. The Morgan fingerprint density at radius 3 is 2.35 bits per heavy atom. The van der Waals surface area contributed by atoms with E-state index in [1.54, 1.807) is 0 Å². The van der Waals surface area contributed by atoms with Crippen molar-refractivity contribution >= 4 is 11.9 Å². The molecular weight excluding hydrogens is 256 g/mol. The van der Waals surface area contributed by atoms with Gasteiger partial charge < -0.3 is 10.8 Å². The Labute approximate surface area is 118 Å². The number of likely N-dealkylation sites (tertiary alicyclic amines) is 1. The number of nitrogens with zero attached hydrogens (tertiary/aromatic N) is 1. The Morgan fingerprint density at radius 2 is 1.80 bits per heavy atom. The van der Waals surface area contributed by atoms with Gasteiger partial charge in [-0.05, 0) is 37.1 Å². The summed E-state index contributed by atoms with van der Waals surface area (Å²) in [5.74, 6) is -1.04. The second kappa shape index (κ2) is 6.52. The first-order chi connectivity index (χ1) is 9.56. The highest BCUT2D eigenvalue weighted by atomic mass is 16.4. The third-order valence-corrected chi connectivity index (χ3v) is 3.84. The number of hydrogen-bond acceptors (Lipinski definition) is 3. The Morgan fingerprint density at radius 1 is 1.20 bits per heavy atom. The number of primary amides is 1. The van der Waals surface area contributed by atoms with Gasteiger partial charge in [0.1, 0.15) is 0 Å². The van der Waals surface area contributed by atoms with Crippen LogP contribution in [0.25, 0.3) is 0 Å². The molecule has 0 bridgehead atoms. The summed E-state index contributed by atoms with van der Waals surface area (Å²) in [6.07, 6.45) is 1.63. The van der Waals surface area contributed by atoms with Gasteiger partial charge in [-0.25, -0.2) is 0 Å². The molecule has 0 unspecified atom stereocenters. The zero-order valence-corrected chi connectivity index (χ0v) is 11.4. The number of carboxylic acid groups (broad SMARTS) is 1. The van der Waals surface area contributed by atoms with E-state index in [1.807, 2.05) is 24.3 Å². The molecule has 1 aromatic rings. The molecule has 0 radical (unpaired) electrons. The van der Waals surface area contributed by atoms with E-state index in [9.17, 15) is 9.59 Å². The van der Waals surface area contributed by atoms with Crippen molar-refractivity contribution in [2.45, 2.75) is 25.8 Å². The van der Waals surface area contributed by atoms with E-state index in [0.717, 1.165) is 43.6 Å². The Bertz CT molecular complexity index is 494. The summed E-state index contributed by atoms with van der Waals surface area (Å²) in [5, 5.41) is 8.93. The second-order valence-electron chi connectivity index (χ2n) is 5.29. The minimum absolute atomic E-state index is 0.0134. The molecule has 1 fully saturated rings. The number of piperidine rings is 1. The van der Waals surface area contributed by atoms with Crippen LogP contribution in [0.15, 0.2) is 24.3 Å². The summed E-state index contributed by atoms with van der Waals surface area (Å²) in [7, 11) is 0. The van der Waals surface area contributed by atoms with Gasteiger partial charge >= 0.3 is 5.97 Å². The average molecular weight is 276 g/mol.